The van der Waals surface area contributed by atoms with Crippen LogP contribution in [0.15, 0.2) is 87.5 Å². The zero-order valence-corrected chi connectivity index (χ0v) is 19.7. The van der Waals surface area contributed by atoms with Crippen LogP contribution in [-0.2, 0) is 4.79 Å². The molecule has 0 aliphatic carbocycles. The van der Waals surface area contributed by atoms with Crippen LogP contribution in [-0.4, -0.2) is 50.5 Å². The molecule has 0 aromatic heterocycles. The summed E-state index contributed by atoms with van der Waals surface area (Å²) in [5, 5.41) is 8.82. The number of amides is 1. The average molecular weight is 494 g/mol. The van der Waals surface area contributed by atoms with Gasteiger partial charge in [0.2, 0.25) is 0 Å². The summed E-state index contributed by atoms with van der Waals surface area (Å²) in [6.45, 7) is -0.0861. The van der Waals surface area contributed by atoms with E-state index in [4.69, 9.17) is 9.47 Å². The smallest absolute Gasteiger partial charge is 0.259 e. The molecular weight excluding hydrogens is 470 g/mol. The van der Waals surface area contributed by atoms with Crippen molar-refractivity contribution in [2.45, 2.75) is 0 Å². The van der Waals surface area contributed by atoms with E-state index in [1.807, 2.05) is 66.7 Å². The highest BCUT2D eigenvalue weighted by Crippen LogP contribution is 2.36. The molecule has 0 atom stereocenters. The Morgan fingerprint density at radius 3 is 2.12 bits per heavy atom. The van der Waals surface area contributed by atoms with Gasteiger partial charge in [-0.05, 0) is 33.6 Å². The lowest BCUT2D eigenvalue weighted by atomic mass is 10.0. The quantitative estimate of drug-likeness (QED) is 0.334. The minimum Gasteiger partial charge on any atom is -0.493 e. The van der Waals surface area contributed by atoms with Crippen LogP contribution in [0, 0.1) is 0 Å². The largest absolute Gasteiger partial charge is 0.493 e. The fraction of sp³-hybridized carbons (Fsp3) is 0.160. The number of carbonyl (C=O) groups is 1. The summed E-state index contributed by atoms with van der Waals surface area (Å²) in [6, 6.07) is 23.4. The van der Waals surface area contributed by atoms with Gasteiger partial charge in [-0.1, -0.05) is 60.7 Å². The molecule has 0 aliphatic heterocycles. The van der Waals surface area contributed by atoms with Gasteiger partial charge in [0.05, 0.1) is 17.8 Å². The predicted octanol–water partition coefficient (Wildman–Crippen LogP) is 4.80. The Morgan fingerprint density at radius 2 is 1.59 bits per heavy atom. The van der Waals surface area contributed by atoms with E-state index >= 15 is 0 Å². The van der Waals surface area contributed by atoms with Crippen molar-refractivity contribution < 1.29 is 14.3 Å². The monoisotopic (exact) mass is 493 g/mol. The molecule has 3 aromatic carbocycles. The van der Waals surface area contributed by atoms with Gasteiger partial charge in [0.25, 0.3) is 5.91 Å². The zero-order valence-electron chi connectivity index (χ0n) is 18.2. The second kappa shape index (κ2) is 11.2. The minimum absolute atomic E-state index is 0.0861. The Balaban J connectivity index is 1.88. The molecule has 1 amide bonds. The molecule has 0 saturated heterocycles. The second-order valence-electron chi connectivity index (χ2n) is 7.04. The summed E-state index contributed by atoms with van der Waals surface area (Å²) in [5.41, 5.74) is 3.49. The van der Waals surface area contributed by atoms with Gasteiger partial charge >= 0.3 is 0 Å². The van der Waals surface area contributed by atoms with Gasteiger partial charge < -0.3 is 14.4 Å². The summed E-state index contributed by atoms with van der Waals surface area (Å²) in [4.78, 5) is 13.3. The lowest BCUT2D eigenvalue weighted by Gasteiger charge is -2.15. The van der Waals surface area contributed by atoms with E-state index in [1.54, 1.807) is 33.5 Å². The average Bonchev–Trinajstić information content (AvgIpc) is 2.81. The zero-order chi connectivity index (χ0) is 22.9. The molecule has 3 aromatic rings. The highest BCUT2D eigenvalue weighted by Gasteiger charge is 2.14. The maximum atomic E-state index is 11.8. The maximum Gasteiger partial charge on any atom is 0.259 e. The first-order chi connectivity index (χ1) is 15.5. The number of nitrogens with zero attached hydrogens (tertiary/aromatic N) is 3. The first kappa shape index (κ1) is 23.2. The second-order valence-corrected chi connectivity index (χ2v) is 7.89. The minimum atomic E-state index is -0.145. The lowest BCUT2D eigenvalue weighted by molar-refractivity contribution is -0.130. The molecule has 0 bridgehead atoms. The number of hydrogen-bond donors (Lipinski definition) is 0. The van der Waals surface area contributed by atoms with Crippen molar-refractivity contribution in [3.63, 3.8) is 0 Å². The van der Waals surface area contributed by atoms with Crippen molar-refractivity contribution in [2.24, 2.45) is 10.2 Å². The third-order valence-corrected chi connectivity index (χ3v) is 5.14. The molecule has 6 nitrogen and oxygen atoms in total. The number of likely N-dealkylation sites (N-methyl/N-ethyl adjacent to an activating group) is 1. The number of rotatable bonds is 8. The van der Waals surface area contributed by atoms with Gasteiger partial charge in [-0.2, -0.15) is 5.10 Å². The number of methoxy groups -OCH3 is 1. The van der Waals surface area contributed by atoms with Crippen LogP contribution in [0.5, 0.6) is 11.5 Å². The third kappa shape index (κ3) is 6.04. The Labute approximate surface area is 196 Å². The van der Waals surface area contributed by atoms with E-state index in [0.29, 0.717) is 16.0 Å². The van der Waals surface area contributed by atoms with Gasteiger partial charge in [0, 0.05) is 25.2 Å². The first-order valence-electron chi connectivity index (χ1n) is 9.92. The SMILES string of the molecule is COc1cc(/C=N/N=C(c2ccccc2)c2ccccc2)cc(Br)c1OCC(=O)N(C)C. The van der Waals surface area contributed by atoms with Crippen LogP contribution in [0.2, 0.25) is 0 Å². The summed E-state index contributed by atoms with van der Waals surface area (Å²) in [5.74, 6) is 0.800. The Kier molecular flexibility index (Phi) is 8.16. The lowest BCUT2D eigenvalue weighted by Crippen LogP contribution is -2.27. The Hall–Kier alpha value is -3.45. The van der Waals surface area contributed by atoms with Gasteiger partial charge in [-0.15, -0.1) is 5.10 Å². The van der Waals surface area contributed by atoms with Gasteiger partial charge in [-0.25, -0.2) is 0 Å². The number of ether oxygens (including phenoxy) is 2. The highest BCUT2D eigenvalue weighted by molar-refractivity contribution is 9.10. The van der Waals surface area contributed by atoms with Crippen molar-refractivity contribution in [3.05, 3.63) is 94.0 Å². The van der Waals surface area contributed by atoms with Crippen molar-refractivity contribution in [2.75, 3.05) is 27.8 Å². The van der Waals surface area contributed by atoms with E-state index in [-0.39, 0.29) is 12.5 Å². The first-order valence-corrected chi connectivity index (χ1v) is 10.7. The van der Waals surface area contributed by atoms with Crippen LogP contribution in [0.4, 0.5) is 0 Å². The summed E-state index contributed by atoms with van der Waals surface area (Å²) < 4.78 is 11.8. The molecule has 164 valence electrons. The Bertz CT molecular complexity index is 1070. The fourth-order valence-electron chi connectivity index (χ4n) is 2.84. The summed E-state index contributed by atoms with van der Waals surface area (Å²) in [7, 11) is 4.90. The van der Waals surface area contributed by atoms with Crippen molar-refractivity contribution in [1.29, 1.82) is 0 Å². The molecule has 0 N–H and O–H groups in total. The number of halogens is 1. The molecule has 32 heavy (non-hydrogen) atoms. The Morgan fingerprint density at radius 1 is 1.00 bits per heavy atom. The third-order valence-electron chi connectivity index (χ3n) is 4.55. The number of carbonyl (C=O) groups excluding carboxylic acids is 1. The molecule has 0 saturated carbocycles. The van der Waals surface area contributed by atoms with Gasteiger partial charge in [0.15, 0.2) is 18.1 Å². The predicted molar refractivity (Wildman–Crippen MR) is 131 cm³/mol. The molecule has 0 fully saturated rings. The molecule has 0 radical (unpaired) electrons. The normalized spacial score (nSPS) is 10.6. The fourth-order valence-corrected chi connectivity index (χ4v) is 3.42. The van der Waals surface area contributed by atoms with Crippen LogP contribution >= 0.6 is 15.9 Å². The van der Waals surface area contributed by atoms with E-state index in [2.05, 4.69) is 26.1 Å². The molecule has 0 heterocycles. The molecule has 0 aliphatic rings. The summed E-state index contributed by atoms with van der Waals surface area (Å²) in [6.07, 6.45) is 1.65. The molecule has 3 rings (SSSR count). The standard InChI is InChI=1S/C25H24BrN3O3/c1-29(2)23(30)17-32-25-21(26)14-18(15-22(25)31-3)16-27-28-24(19-10-6-4-7-11-19)20-12-8-5-9-13-20/h4-16H,17H2,1-3H3/b27-16+. The molecule has 7 heteroatoms. The van der Waals surface area contributed by atoms with Crippen LogP contribution in [0.3, 0.4) is 0 Å². The van der Waals surface area contributed by atoms with E-state index in [9.17, 15) is 4.79 Å². The van der Waals surface area contributed by atoms with Crippen LogP contribution in [0.25, 0.3) is 0 Å². The highest BCUT2D eigenvalue weighted by atomic mass is 79.9. The van der Waals surface area contributed by atoms with Crippen molar-refractivity contribution in [3.8, 4) is 11.5 Å². The van der Waals surface area contributed by atoms with E-state index in [0.717, 1.165) is 22.4 Å². The number of hydrogen-bond acceptors (Lipinski definition) is 5. The van der Waals surface area contributed by atoms with Crippen molar-refractivity contribution in [1.82, 2.24) is 4.90 Å². The van der Waals surface area contributed by atoms with Crippen molar-refractivity contribution >= 4 is 33.8 Å². The van der Waals surface area contributed by atoms with Gasteiger partial charge in [-0.3, -0.25) is 4.79 Å². The molecule has 0 spiro atoms. The van der Waals surface area contributed by atoms with E-state index in [1.165, 1.54) is 4.90 Å². The van der Waals surface area contributed by atoms with Gasteiger partial charge in [0.1, 0.15) is 5.71 Å². The topological polar surface area (TPSA) is 63.5 Å². The molecule has 0 unspecified atom stereocenters. The van der Waals surface area contributed by atoms with E-state index < -0.39 is 0 Å². The maximum absolute atomic E-state index is 11.8. The van der Waals surface area contributed by atoms with Crippen LogP contribution < -0.4 is 9.47 Å². The summed E-state index contributed by atoms with van der Waals surface area (Å²) >= 11 is 3.49. The number of benzene rings is 3. The molecular formula is C25H24BrN3O3. The van der Waals surface area contributed by atoms with Crippen LogP contribution in [0.1, 0.15) is 16.7 Å².